The van der Waals surface area contributed by atoms with Gasteiger partial charge in [0.05, 0.1) is 17.4 Å². The Morgan fingerprint density at radius 1 is 1.54 bits per heavy atom. The second-order valence-corrected chi connectivity index (χ2v) is 2.57. The first-order chi connectivity index (χ1) is 6.27. The van der Waals surface area contributed by atoms with Gasteiger partial charge < -0.3 is 5.11 Å². The topological polar surface area (TPSA) is 78.0 Å². The minimum absolute atomic E-state index is 0.541. The lowest BCUT2D eigenvalue weighted by Crippen LogP contribution is -2.07. The molecule has 0 bridgehead atoms. The molecule has 13 heavy (non-hydrogen) atoms. The quantitative estimate of drug-likeness (QED) is 0.619. The summed E-state index contributed by atoms with van der Waals surface area (Å²) in [6.07, 6.45) is 0.509. The van der Waals surface area contributed by atoms with Crippen LogP contribution in [0.2, 0.25) is 0 Å². The highest BCUT2D eigenvalue weighted by molar-refractivity contribution is 5.97. The Labute approximate surface area is 73.4 Å². The maximum absolute atomic E-state index is 10.4. The first kappa shape index (κ1) is 7.60. The third-order valence-corrected chi connectivity index (χ3v) is 1.73. The summed E-state index contributed by atoms with van der Waals surface area (Å²) >= 11 is 0. The zero-order chi connectivity index (χ0) is 9.26. The normalized spacial score (nSPS) is 10.2. The van der Waals surface area contributed by atoms with Crippen LogP contribution in [0.4, 0.5) is 10.5 Å². The van der Waals surface area contributed by atoms with E-state index in [-0.39, 0.29) is 0 Å². The molecule has 5 heteroatoms. The van der Waals surface area contributed by atoms with Crippen LogP contribution in [-0.2, 0) is 0 Å². The van der Waals surface area contributed by atoms with E-state index >= 15 is 0 Å². The maximum Gasteiger partial charge on any atom is 0.409 e. The van der Waals surface area contributed by atoms with Crippen LogP contribution in [0.1, 0.15) is 0 Å². The number of anilines is 1. The van der Waals surface area contributed by atoms with E-state index < -0.39 is 6.09 Å². The Hall–Kier alpha value is -2.04. The van der Waals surface area contributed by atoms with Crippen molar-refractivity contribution < 1.29 is 9.90 Å². The van der Waals surface area contributed by atoms with E-state index in [0.717, 1.165) is 10.9 Å². The Morgan fingerprint density at radius 3 is 3.15 bits per heavy atom. The Balaban J connectivity index is 2.54. The lowest BCUT2D eigenvalue weighted by atomic mass is 10.2. The lowest BCUT2D eigenvalue weighted by Gasteiger charge is -2.00. The van der Waals surface area contributed by atoms with Crippen LogP contribution in [-0.4, -0.2) is 21.4 Å². The summed E-state index contributed by atoms with van der Waals surface area (Å²) < 4.78 is 0. The van der Waals surface area contributed by atoms with Crippen LogP contribution in [0, 0.1) is 0 Å². The van der Waals surface area contributed by atoms with Crippen LogP contribution in [0.5, 0.6) is 0 Å². The summed E-state index contributed by atoms with van der Waals surface area (Å²) in [6.45, 7) is 0. The Kier molecular flexibility index (Phi) is 1.63. The number of nitrogens with one attached hydrogen (secondary N) is 2. The molecular formula is C8H7N3O2. The molecule has 0 atom stereocenters. The summed E-state index contributed by atoms with van der Waals surface area (Å²) in [4.78, 5) is 10.4. The molecule has 0 unspecified atom stereocenters. The molecular weight excluding hydrogens is 170 g/mol. The van der Waals surface area contributed by atoms with Crippen molar-refractivity contribution in [2.45, 2.75) is 0 Å². The van der Waals surface area contributed by atoms with Crippen molar-refractivity contribution in [2.24, 2.45) is 0 Å². The molecule has 1 amide bonds. The van der Waals surface area contributed by atoms with Gasteiger partial charge in [-0.2, -0.15) is 5.10 Å². The van der Waals surface area contributed by atoms with Gasteiger partial charge >= 0.3 is 6.09 Å². The first-order valence-electron chi connectivity index (χ1n) is 3.69. The fourth-order valence-corrected chi connectivity index (χ4v) is 1.19. The van der Waals surface area contributed by atoms with Gasteiger partial charge in [0.15, 0.2) is 0 Å². The fraction of sp³-hybridized carbons (Fsp3) is 0. The molecule has 1 aromatic heterocycles. The smallest absolute Gasteiger partial charge is 0.409 e. The van der Waals surface area contributed by atoms with Gasteiger partial charge in [-0.1, -0.05) is 6.07 Å². The van der Waals surface area contributed by atoms with Gasteiger partial charge in [0.2, 0.25) is 0 Å². The molecule has 66 valence electrons. The highest BCUT2D eigenvalue weighted by Gasteiger charge is 2.03. The molecule has 0 aliphatic carbocycles. The number of carboxylic acid groups (broad SMARTS) is 1. The molecule has 2 aromatic rings. The summed E-state index contributed by atoms with van der Waals surface area (Å²) in [5, 5.41) is 18.1. The van der Waals surface area contributed by atoms with Gasteiger partial charge in [-0.15, -0.1) is 0 Å². The molecule has 1 aromatic carbocycles. The average molecular weight is 177 g/mol. The van der Waals surface area contributed by atoms with Crippen molar-refractivity contribution in [2.75, 3.05) is 5.32 Å². The molecule has 0 aliphatic heterocycles. The molecule has 2 rings (SSSR count). The van der Waals surface area contributed by atoms with E-state index in [0.29, 0.717) is 5.69 Å². The number of carbonyl (C=O) groups is 1. The minimum Gasteiger partial charge on any atom is -0.465 e. The SMILES string of the molecule is O=C(O)Nc1cccc2[nH]ncc12. The van der Waals surface area contributed by atoms with E-state index in [9.17, 15) is 4.79 Å². The molecule has 1 heterocycles. The maximum atomic E-state index is 10.4. The largest absolute Gasteiger partial charge is 0.465 e. The number of aromatic amines is 1. The minimum atomic E-state index is -1.08. The van der Waals surface area contributed by atoms with Crippen molar-refractivity contribution in [1.82, 2.24) is 10.2 Å². The fourth-order valence-electron chi connectivity index (χ4n) is 1.19. The van der Waals surface area contributed by atoms with Gasteiger partial charge in [0.25, 0.3) is 0 Å². The standard InChI is InChI=1S/C8H7N3O2/c12-8(13)10-6-2-1-3-7-5(6)4-9-11-7/h1-4,10H,(H,9,11)(H,12,13). The Morgan fingerprint density at radius 2 is 2.38 bits per heavy atom. The number of fused-ring (bicyclic) bond motifs is 1. The van der Waals surface area contributed by atoms with Gasteiger partial charge in [-0.05, 0) is 12.1 Å². The zero-order valence-electron chi connectivity index (χ0n) is 6.61. The Bertz CT molecular complexity index is 449. The lowest BCUT2D eigenvalue weighted by molar-refractivity contribution is 0.210. The van der Waals surface area contributed by atoms with Gasteiger partial charge in [0, 0.05) is 5.39 Å². The van der Waals surface area contributed by atoms with Gasteiger partial charge in [0.1, 0.15) is 0 Å². The van der Waals surface area contributed by atoms with E-state index in [4.69, 9.17) is 5.11 Å². The van der Waals surface area contributed by atoms with Crippen LogP contribution in [0.25, 0.3) is 10.9 Å². The number of nitrogens with zero attached hydrogens (tertiary/aromatic N) is 1. The number of amides is 1. The second-order valence-electron chi connectivity index (χ2n) is 2.57. The van der Waals surface area contributed by atoms with E-state index in [1.807, 2.05) is 6.07 Å². The third kappa shape index (κ3) is 1.31. The van der Waals surface area contributed by atoms with Crippen LogP contribution < -0.4 is 5.32 Å². The molecule has 0 aliphatic rings. The highest BCUT2D eigenvalue weighted by Crippen LogP contribution is 2.20. The second kappa shape index (κ2) is 2.78. The third-order valence-electron chi connectivity index (χ3n) is 1.73. The molecule has 0 saturated heterocycles. The van der Waals surface area contributed by atoms with Gasteiger partial charge in [-0.25, -0.2) is 4.79 Å². The first-order valence-corrected chi connectivity index (χ1v) is 3.69. The number of hydrogen-bond acceptors (Lipinski definition) is 2. The molecule has 3 N–H and O–H groups in total. The van der Waals surface area contributed by atoms with Crippen molar-refractivity contribution in [3.05, 3.63) is 24.4 Å². The number of H-pyrrole nitrogens is 1. The number of aromatic nitrogens is 2. The highest BCUT2D eigenvalue weighted by atomic mass is 16.4. The molecule has 0 fully saturated rings. The number of benzene rings is 1. The van der Waals surface area contributed by atoms with Crippen LogP contribution in [0.3, 0.4) is 0 Å². The molecule has 0 saturated carbocycles. The van der Waals surface area contributed by atoms with Crippen molar-refractivity contribution in [1.29, 1.82) is 0 Å². The molecule has 0 radical (unpaired) electrons. The summed E-state index contributed by atoms with van der Waals surface area (Å²) in [7, 11) is 0. The summed E-state index contributed by atoms with van der Waals surface area (Å²) in [6, 6.07) is 5.27. The van der Waals surface area contributed by atoms with Crippen LogP contribution >= 0.6 is 0 Å². The summed E-state index contributed by atoms with van der Waals surface area (Å²) in [5.74, 6) is 0. The molecule has 5 nitrogen and oxygen atoms in total. The average Bonchev–Trinajstić information content (AvgIpc) is 2.51. The van der Waals surface area contributed by atoms with E-state index in [2.05, 4.69) is 15.5 Å². The number of rotatable bonds is 1. The monoisotopic (exact) mass is 177 g/mol. The van der Waals surface area contributed by atoms with Crippen molar-refractivity contribution in [3.63, 3.8) is 0 Å². The van der Waals surface area contributed by atoms with Crippen molar-refractivity contribution in [3.8, 4) is 0 Å². The summed E-state index contributed by atoms with van der Waals surface area (Å²) in [5.41, 5.74) is 1.35. The predicted molar refractivity (Wildman–Crippen MR) is 47.7 cm³/mol. The molecule has 0 spiro atoms. The predicted octanol–water partition coefficient (Wildman–Crippen LogP) is 1.65. The number of hydrogen-bond donors (Lipinski definition) is 3. The van der Waals surface area contributed by atoms with E-state index in [1.165, 1.54) is 0 Å². The van der Waals surface area contributed by atoms with Gasteiger partial charge in [-0.3, -0.25) is 10.4 Å². The van der Waals surface area contributed by atoms with Crippen LogP contribution in [0.15, 0.2) is 24.4 Å². The van der Waals surface area contributed by atoms with Crippen molar-refractivity contribution >= 4 is 22.7 Å². The zero-order valence-corrected chi connectivity index (χ0v) is 6.61. The van der Waals surface area contributed by atoms with E-state index in [1.54, 1.807) is 18.3 Å².